The molecule has 1 amide bonds. The highest BCUT2D eigenvalue weighted by atomic mass is 32.1. The Kier molecular flexibility index (Phi) is 5.44. The van der Waals surface area contributed by atoms with Gasteiger partial charge in [-0.2, -0.15) is 0 Å². The number of amides is 1. The molecule has 24 heavy (non-hydrogen) atoms. The van der Waals surface area contributed by atoms with Crippen LogP contribution in [0.1, 0.15) is 58.7 Å². The molecule has 0 aliphatic heterocycles. The van der Waals surface area contributed by atoms with Crippen LogP contribution in [0.3, 0.4) is 0 Å². The van der Waals surface area contributed by atoms with Gasteiger partial charge in [-0.3, -0.25) is 4.79 Å². The van der Waals surface area contributed by atoms with Gasteiger partial charge in [0, 0.05) is 29.9 Å². The zero-order valence-corrected chi connectivity index (χ0v) is 15.9. The Morgan fingerprint density at radius 1 is 1.29 bits per heavy atom. The monoisotopic (exact) mass is 344 g/mol. The normalized spacial score (nSPS) is 15.6. The number of carbonyl (C=O) groups is 1. The maximum Gasteiger partial charge on any atom is 0.255 e. The number of thiophene rings is 1. The van der Waals surface area contributed by atoms with Crippen molar-refractivity contribution < 1.29 is 4.79 Å². The second-order valence-electron chi connectivity index (χ2n) is 7.14. The molecular formula is C20H28N2OS. The molecule has 2 aromatic rings. The number of aryl methyl sites for hydroxylation is 1. The molecule has 1 aliphatic rings. The zero-order chi connectivity index (χ0) is 17.1. The third-order valence-electron chi connectivity index (χ3n) is 5.30. The van der Waals surface area contributed by atoms with E-state index < -0.39 is 0 Å². The molecule has 130 valence electrons. The summed E-state index contributed by atoms with van der Waals surface area (Å²) in [6.45, 7) is 5.92. The Morgan fingerprint density at radius 2 is 2.04 bits per heavy atom. The van der Waals surface area contributed by atoms with Gasteiger partial charge < -0.3 is 9.47 Å². The fourth-order valence-corrected chi connectivity index (χ4v) is 4.56. The molecule has 0 radical (unpaired) electrons. The molecule has 2 heterocycles. The van der Waals surface area contributed by atoms with Crippen molar-refractivity contribution in [3.63, 3.8) is 0 Å². The Morgan fingerprint density at radius 3 is 2.71 bits per heavy atom. The van der Waals surface area contributed by atoms with Crippen molar-refractivity contribution in [2.24, 2.45) is 5.92 Å². The van der Waals surface area contributed by atoms with Crippen molar-refractivity contribution in [2.75, 3.05) is 13.6 Å². The Balaban J connectivity index is 1.72. The molecule has 1 fully saturated rings. The molecular weight excluding hydrogens is 316 g/mol. The third-order valence-corrected chi connectivity index (χ3v) is 6.16. The maximum absolute atomic E-state index is 12.9. The van der Waals surface area contributed by atoms with Crippen LogP contribution in [0.4, 0.5) is 0 Å². The van der Waals surface area contributed by atoms with Crippen LogP contribution in [0.25, 0.3) is 0 Å². The first-order valence-electron chi connectivity index (χ1n) is 9.01. The van der Waals surface area contributed by atoms with Crippen molar-refractivity contribution in [3.8, 4) is 0 Å². The predicted molar refractivity (Wildman–Crippen MR) is 101 cm³/mol. The summed E-state index contributed by atoms with van der Waals surface area (Å²) in [6.07, 6.45) is 6.55. The van der Waals surface area contributed by atoms with Crippen LogP contribution in [0.5, 0.6) is 0 Å². The third kappa shape index (κ3) is 3.75. The summed E-state index contributed by atoms with van der Waals surface area (Å²) in [6, 6.07) is 6.29. The summed E-state index contributed by atoms with van der Waals surface area (Å²) in [7, 11) is 1.96. The van der Waals surface area contributed by atoms with Gasteiger partial charge in [0.25, 0.3) is 5.91 Å². The van der Waals surface area contributed by atoms with E-state index in [1.54, 1.807) is 11.3 Å². The van der Waals surface area contributed by atoms with Crippen molar-refractivity contribution >= 4 is 17.2 Å². The molecule has 3 nitrogen and oxygen atoms in total. The second kappa shape index (κ2) is 7.56. The molecule has 1 saturated carbocycles. The van der Waals surface area contributed by atoms with Crippen LogP contribution in [0.2, 0.25) is 0 Å². The first-order chi connectivity index (χ1) is 11.6. The van der Waals surface area contributed by atoms with Gasteiger partial charge in [0.1, 0.15) is 0 Å². The standard InChI is InChI=1S/C20H28N2OS/c1-15-12-19(16(2)22(15)14-18-10-7-11-24-18)20(23)21(3)13-17-8-5-4-6-9-17/h7,10-12,17H,4-6,8-9,13-14H2,1-3H3. The minimum absolute atomic E-state index is 0.172. The molecule has 0 saturated heterocycles. The lowest BCUT2D eigenvalue weighted by Crippen LogP contribution is -2.32. The van der Waals surface area contributed by atoms with Crippen LogP contribution >= 0.6 is 11.3 Å². The van der Waals surface area contributed by atoms with Crippen LogP contribution < -0.4 is 0 Å². The molecule has 0 unspecified atom stereocenters. The summed E-state index contributed by atoms with van der Waals surface area (Å²) < 4.78 is 2.26. The SMILES string of the molecule is Cc1cc(C(=O)N(C)CC2CCCCC2)c(C)n1Cc1cccs1. The summed E-state index contributed by atoms with van der Waals surface area (Å²) in [5.41, 5.74) is 3.11. The number of nitrogens with zero attached hydrogens (tertiary/aromatic N) is 2. The van der Waals surface area contributed by atoms with Gasteiger partial charge >= 0.3 is 0 Å². The molecule has 1 aliphatic carbocycles. The largest absolute Gasteiger partial charge is 0.343 e. The zero-order valence-electron chi connectivity index (χ0n) is 15.0. The van der Waals surface area contributed by atoms with Crippen LogP contribution in [-0.2, 0) is 6.54 Å². The average Bonchev–Trinajstić information content (AvgIpc) is 3.19. The molecule has 0 spiro atoms. The summed E-state index contributed by atoms with van der Waals surface area (Å²) in [4.78, 5) is 16.2. The van der Waals surface area contributed by atoms with E-state index in [2.05, 4.69) is 42.0 Å². The van der Waals surface area contributed by atoms with E-state index >= 15 is 0 Å². The van der Waals surface area contributed by atoms with Crippen molar-refractivity contribution in [3.05, 3.63) is 45.4 Å². The van der Waals surface area contributed by atoms with Gasteiger partial charge in [0.2, 0.25) is 0 Å². The van der Waals surface area contributed by atoms with E-state index in [1.165, 1.54) is 37.0 Å². The van der Waals surface area contributed by atoms with Gasteiger partial charge in [-0.25, -0.2) is 0 Å². The number of carbonyl (C=O) groups excluding carboxylic acids is 1. The quantitative estimate of drug-likeness (QED) is 0.760. The topological polar surface area (TPSA) is 25.2 Å². The summed E-state index contributed by atoms with van der Waals surface area (Å²) in [5.74, 6) is 0.855. The van der Waals surface area contributed by atoms with E-state index in [4.69, 9.17) is 0 Å². The summed E-state index contributed by atoms with van der Waals surface area (Å²) in [5, 5.41) is 2.10. The smallest absolute Gasteiger partial charge is 0.255 e. The molecule has 0 aromatic carbocycles. The Hall–Kier alpha value is -1.55. The van der Waals surface area contributed by atoms with Gasteiger partial charge in [-0.1, -0.05) is 25.3 Å². The van der Waals surface area contributed by atoms with Gasteiger partial charge in [-0.15, -0.1) is 11.3 Å². The molecule has 3 rings (SSSR count). The number of hydrogen-bond donors (Lipinski definition) is 0. The van der Waals surface area contributed by atoms with Crippen molar-refractivity contribution in [2.45, 2.75) is 52.5 Å². The number of aromatic nitrogens is 1. The van der Waals surface area contributed by atoms with Gasteiger partial charge in [0.05, 0.1) is 12.1 Å². The lowest BCUT2D eigenvalue weighted by Gasteiger charge is -2.27. The Labute approximate surface area is 149 Å². The molecule has 0 atom stereocenters. The lowest BCUT2D eigenvalue weighted by molar-refractivity contribution is 0.0759. The van der Waals surface area contributed by atoms with E-state index in [0.717, 1.165) is 30.0 Å². The van der Waals surface area contributed by atoms with E-state index in [0.29, 0.717) is 5.92 Å². The van der Waals surface area contributed by atoms with E-state index in [-0.39, 0.29) is 5.91 Å². The fourth-order valence-electron chi connectivity index (χ4n) is 3.86. The van der Waals surface area contributed by atoms with Gasteiger partial charge in [0.15, 0.2) is 0 Å². The van der Waals surface area contributed by atoms with E-state index in [1.807, 2.05) is 11.9 Å². The number of rotatable bonds is 5. The van der Waals surface area contributed by atoms with E-state index in [9.17, 15) is 4.79 Å². The molecule has 4 heteroatoms. The first-order valence-corrected chi connectivity index (χ1v) is 9.89. The molecule has 0 N–H and O–H groups in total. The highest BCUT2D eigenvalue weighted by Gasteiger charge is 2.22. The fraction of sp³-hybridized carbons (Fsp3) is 0.550. The van der Waals surface area contributed by atoms with Crippen LogP contribution in [0.15, 0.2) is 23.6 Å². The summed E-state index contributed by atoms with van der Waals surface area (Å²) >= 11 is 1.77. The second-order valence-corrected chi connectivity index (χ2v) is 8.17. The first kappa shape index (κ1) is 17.3. The van der Waals surface area contributed by atoms with Crippen LogP contribution in [-0.4, -0.2) is 29.0 Å². The maximum atomic E-state index is 12.9. The van der Waals surface area contributed by atoms with Crippen molar-refractivity contribution in [1.29, 1.82) is 0 Å². The minimum Gasteiger partial charge on any atom is -0.343 e. The molecule has 0 bridgehead atoms. The average molecular weight is 345 g/mol. The minimum atomic E-state index is 0.172. The molecule has 2 aromatic heterocycles. The Bertz CT molecular complexity index is 681. The number of hydrogen-bond acceptors (Lipinski definition) is 2. The van der Waals surface area contributed by atoms with Crippen molar-refractivity contribution in [1.82, 2.24) is 9.47 Å². The van der Waals surface area contributed by atoms with Crippen LogP contribution in [0, 0.1) is 19.8 Å². The highest BCUT2D eigenvalue weighted by Crippen LogP contribution is 2.25. The predicted octanol–water partition coefficient (Wildman–Crippen LogP) is 4.87. The highest BCUT2D eigenvalue weighted by molar-refractivity contribution is 7.09. The van der Waals surface area contributed by atoms with Gasteiger partial charge in [-0.05, 0) is 50.1 Å². The lowest BCUT2D eigenvalue weighted by atomic mass is 9.89.